The highest BCUT2D eigenvalue weighted by molar-refractivity contribution is 8.18. The molecule has 0 saturated carbocycles. The molecule has 0 unspecified atom stereocenters. The van der Waals surface area contributed by atoms with Gasteiger partial charge in [0.2, 0.25) is 0 Å². The number of methoxy groups -OCH3 is 2. The number of amidine groups is 1. The Balaban J connectivity index is 1.56. The summed E-state index contributed by atoms with van der Waals surface area (Å²) >= 11 is 1.32. The number of furan rings is 1. The Morgan fingerprint density at radius 1 is 1.06 bits per heavy atom. The standard InChI is InChI=1S/C26H24N2O5S/c1-31-16-6-15-28-24(29)23(34-26(28)27-20-7-4-3-5-8-20)17-21-13-14-22(33-21)18-9-11-19(12-10-18)25(30)32-2/h3-5,7-14,17H,6,15-16H2,1-2H3/b23-17-,27-26?. The third kappa shape index (κ3) is 5.47. The molecular formula is C26H24N2O5S. The second kappa shape index (κ2) is 11.0. The number of aliphatic imine (C=N–C) groups is 1. The molecule has 0 N–H and O–H groups in total. The molecule has 0 aliphatic carbocycles. The van der Waals surface area contributed by atoms with Crippen LogP contribution in [0.5, 0.6) is 0 Å². The van der Waals surface area contributed by atoms with Gasteiger partial charge in [0, 0.05) is 31.9 Å². The lowest BCUT2D eigenvalue weighted by atomic mass is 10.1. The summed E-state index contributed by atoms with van der Waals surface area (Å²) in [6.07, 6.45) is 2.44. The molecule has 8 heteroatoms. The number of amides is 1. The topological polar surface area (TPSA) is 81.3 Å². The van der Waals surface area contributed by atoms with E-state index in [9.17, 15) is 9.59 Å². The van der Waals surface area contributed by atoms with Crippen molar-refractivity contribution < 1.29 is 23.5 Å². The molecule has 1 aliphatic heterocycles. The van der Waals surface area contributed by atoms with E-state index in [1.807, 2.05) is 42.5 Å². The lowest BCUT2D eigenvalue weighted by Crippen LogP contribution is -2.30. The predicted molar refractivity (Wildman–Crippen MR) is 133 cm³/mol. The van der Waals surface area contributed by atoms with Crippen molar-refractivity contribution in [1.82, 2.24) is 4.90 Å². The highest BCUT2D eigenvalue weighted by Gasteiger charge is 2.33. The van der Waals surface area contributed by atoms with E-state index in [1.54, 1.807) is 42.4 Å². The molecule has 0 bridgehead atoms. The molecule has 34 heavy (non-hydrogen) atoms. The monoisotopic (exact) mass is 476 g/mol. The number of carbonyl (C=O) groups excluding carboxylic acids is 2. The first-order valence-corrected chi connectivity index (χ1v) is 11.5. The van der Waals surface area contributed by atoms with Crippen LogP contribution in [0.3, 0.4) is 0 Å². The zero-order valence-electron chi connectivity index (χ0n) is 18.9. The number of nitrogens with zero attached hydrogens (tertiary/aromatic N) is 2. The Morgan fingerprint density at radius 3 is 2.53 bits per heavy atom. The second-order valence-electron chi connectivity index (χ2n) is 7.41. The third-order valence-corrected chi connectivity index (χ3v) is 6.10. The molecular weight excluding hydrogens is 452 g/mol. The number of rotatable bonds is 8. The number of hydrogen-bond donors (Lipinski definition) is 0. The van der Waals surface area contributed by atoms with Gasteiger partial charge in [-0.3, -0.25) is 9.69 Å². The molecule has 1 saturated heterocycles. The van der Waals surface area contributed by atoms with Gasteiger partial charge >= 0.3 is 5.97 Å². The first-order valence-electron chi connectivity index (χ1n) is 10.7. The van der Waals surface area contributed by atoms with Crippen molar-refractivity contribution in [2.45, 2.75) is 6.42 Å². The molecule has 3 aromatic rings. The Kier molecular flexibility index (Phi) is 7.61. The molecule has 2 aromatic carbocycles. The summed E-state index contributed by atoms with van der Waals surface area (Å²) in [4.78, 5) is 31.7. The van der Waals surface area contributed by atoms with E-state index in [0.717, 1.165) is 11.3 Å². The molecule has 174 valence electrons. The van der Waals surface area contributed by atoms with Crippen LogP contribution in [0.25, 0.3) is 17.4 Å². The van der Waals surface area contributed by atoms with Gasteiger partial charge in [0.1, 0.15) is 11.5 Å². The number of esters is 1. The molecule has 4 rings (SSSR count). The molecule has 0 spiro atoms. The van der Waals surface area contributed by atoms with Crippen LogP contribution in [0.2, 0.25) is 0 Å². The fraction of sp³-hybridized carbons (Fsp3) is 0.192. The van der Waals surface area contributed by atoms with Gasteiger partial charge < -0.3 is 13.9 Å². The van der Waals surface area contributed by atoms with E-state index in [-0.39, 0.29) is 5.91 Å². The van der Waals surface area contributed by atoms with Gasteiger partial charge in [0.15, 0.2) is 5.17 Å². The van der Waals surface area contributed by atoms with Crippen LogP contribution in [0.15, 0.2) is 81.0 Å². The maximum absolute atomic E-state index is 13.1. The smallest absolute Gasteiger partial charge is 0.337 e. The largest absolute Gasteiger partial charge is 0.465 e. The molecule has 1 aromatic heterocycles. The minimum atomic E-state index is -0.392. The highest BCUT2D eigenvalue weighted by atomic mass is 32.2. The van der Waals surface area contributed by atoms with Crippen LogP contribution < -0.4 is 0 Å². The fourth-order valence-electron chi connectivity index (χ4n) is 3.37. The van der Waals surface area contributed by atoms with Crippen LogP contribution in [-0.2, 0) is 14.3 Å². The lowest BCUT2D eigenvalue weighted by molar-refractivity contribution is -0.122. The van der Waals surface area contributed by atoms with Crippen LogP contribution in [0.4, 0.5) is 5.69 Å². The van der Waals surface area contributed by atoms with Gasteiger partial charge in [0.05, 0.1) is 23.3 Å². The van der Waals surface area contributed by atoms with Crippen LogP contribution in [0, 0.1) is 0 Å². The number of thioether (sulfide) groups is 1. The predicted octanol–water partition coefficient (Wildman–Crippen LogP) is 5.37. The Morgan fingerprint density at radius 2 is 1.82 bits per heavy atom. The first kappa shape index (κ1) is 23.5. The molecule has 1 amide bonds. The Bertz CT molecular complexity index is 1220. The lowest BCUT2D eigenvalue weighted by Gasteiger charge is -2.15. The summed E-state index contributed by atoms with van der Waals surface area (Å²) < 4.78 is 15.8. The quantitative estimate of drug-likeness (QED) is 0.247. The van der Waals surface area contributed by atoms with Crippen molar-refractivity contribution in [3.05, 3.63) is 83.0 Å². The van der Waals surface area contributed by atoms with Gasteiger partial charge in [-0.05, 0) is 54.6 Å². The maximum atomic E-state index is 13.1. The summed E-state index contributed by atoms with van der Waals surface area (Å²) in [5.74, 6) is 0.682. The second-order valence-corrected chi connectivity index (χ2v) is 8.42. The van der Waals surface area contributed by atoms with Crippen molar-refractivity contribution in [2.24, 2.45) is 4.99 Å². The highest BCUT2D eigenvalue weighted by Crippen LogP contribution is 2.35. The van der Waals surface area contributed by atoms with Gasteiger partial charge in [-0.15, -0.1) is 0 Å². The average molecular weight is 477 g/mol. The first-order chi connectivity index (χ1) is 16.6. The molecule has 1 aliphatic rings. The molecule has 7 nitrogen and oxygen atoms in total. The number of para-hydroxylation sites is 1. The minimum Gasteiger partial charge on any atom is -0.465 e. The van der Waals surface area contributed by atoms with E-state index in [0.29, 0.717) is 46.7 Å². The van der Waals surface area contributed by atoms with Crippen molar-refractivity contribution >= 4 is 40.6 Å². The minimum absolute atomic E-state index is 0.115. The van der Waals surface area contributed by atoms with Gasteiger partial charge in [-0.2, -0.15) is 0 Å². The maximum Gasteiger partial charge on any atom is 0.337 e. The van der Waals surface area contributed by atoms with E-state index in [1.165, 1.54) is 18.9 Å². The average Bonchev–Trinajstić information content (AvgIpc) is 3.45. The van der Waals surface area contributed by atoms with Gasteiger partial charge in [-0.25, -0.2) is 9.79 Å². The van der Waals surface area contributed by atoms with Crippen molar-refractivity contribution in [3.8, 4) is 11.3 Å². The molecule has 0 radical (unpaired) electrons. The number of ether oxygens (including phenoxy) is 2. The van der Waals surface area contributed by atoms with Crippen LogP contribution >= 0.6 is 11.8 Å². The van der Waals surface area contributed by atoms with E-state index < -0.39 is 5.97 Å². The van der Waals surface area contributed by atoms with Crippen LogP contribution in [0.1, 0.15) is 22.5 Å². The van der Waals surface area contributed by atoms with Crippen molar-refractivity contribution in [1.29, 1.82) is 0 Å². The number of carbonyl (C=O) groups is 2. The van der Waals surface area contributed by atoms with Crippen molar-refractivity contribution in [2.75, 3.05) is 27.4 Å². The van der Waals surface area contributed by atoms with Gasteiger partial charge in [-0.1, -0.05) is 30.3 Å². The van der Waals surface area contributed by atoms with E-state index in [2.05, 4.69) is 4.99 Å². The molecule has 0 atom stereocenters. The Labute approximate surface area is 202 Å². The summed E-state index contributed by atoms with van der Waals surface area (Å²) in [5.41, 5.74) is 2.06. The Hall–Kier alpha value is -3.62. The summed E-state index contributed by atoms with van der Waals surface area (Å²) in [6, 6.07) is 20.1. The molecule has 1 fully saturated rings. The SMILES string of the molecule is COCCCN1C(=O)/C(=C/c2ccc(-c3ccc(C(=O)OC)cc3)o2)SC1=Nc1ccccc1. The fourth-order valence-corrected chi connectivity index (χ4v) is 4.38. The van der Waals surface area contributed by atoms with Crippen molar-refractivity contribution in [3.63, 3.8) is 0 Å². The third-order valence-electron chi connectivity index (χ3n) is 5.09. The number of benzene rings is 2. The van der Waals surface area contributed by atoms with E-state index >= 15 is 0 Å². The zero-order chi connectivity index (χ0) is 23.9. The number of hydrogen-bond acceptors (Lipinski definition) is 7. The normalized spacial score (nSPS) is 15.9. The van der Waals surface area contributed by atoms with Crippen LogP contribution in [-0.4, -0.2) is 49.3 Å². The summed E-state index contributed by atoms with van der Waals surface area (Å²) in [6.45, 7) is 1.07. The van der Waals surface area contributed by atoms with Gasteiger partial charge in [0.25, 0.3) is 5.91 Å². The summed E-state index contributed by atoms with van der Waals surface area (Å²) in [7, 11) is 2.99. The summed E-state index contributed by atoms with van der Waals surface area (Å²) in [5, 5.41) is 0.628. The van der Waals surface area contributed by atoms with E-state index in [4.69, 9.17) is 13.9 Å². The zero-order valence-corrected chi connectivity index (χ0v) is 19.7. The molecule has 2 heterocycles.